The van der Waals surface area contributed by atoms with Gasteiger partial charge in [0, 0.05) is 43.4 Å². The van der Waals surface area contributed by atoms with Crippen LogP contribution in [0.25, 0.3) is 22.4 Å². The van der Waals surface area contributed by atoms with Crippen molar-refractivity contribution in [3.8, 4) is 17.0 Å². The summed E-state index contributed by atoms with van der Waals surface area (Å²) in [5, 5.41) is 14.2. The van der Waals surface area contributed by atoms with Gasteiger partial charge in [-0.2, -0.15) is 5.10 Å². The lowest BCUT2D eigenvalue weighted by atomic mass is 9.61. The maximum absolute atomic E-state index is 12.5. The van der Waals surface area contributed by atoms with E-state index in [0.29, 0.717) is 40.8 Å². The van der Waals surface area contributed by atoms with Gasteiger partial charge < -0.3 is 25.0 Å². The largest absolute Gasteiger partial charge is 0.497 e. The summed E-state index contributed by atoms with van der Waals surface area (Å²) in [5.74, 6) is 2.15. The number of nitrogens with zero attached hydrogens (tertiary/aromatic N) is 5. The van der Waals surface area contributed by atoms with Crippen LogP contribution in [0.1, 0.15) is 36.8 Å². The van der Waals surface area contributed by atoms with Crippen molar-refractivity contribution in [2.75, 3.05) is 30.4 Å². The quantitative estimate of drug-likeness (QED) is 0.169. The van der Waals surface area contributed by atoms with Gasteiger partial charge in [0.25, 0.3) is 0 Å². The number of carbonyl (C=O) groups excluding carboxylic acids is 1. The van der Waals surface area contributed by atoms with Gasteiger partial charge in [0.2, 0.25) is 5.65 Å². The van der Waals surface area contributed by atoms with Gasteiger partial charge in [0.1, 0.15) is 29.0 Å². The standard InChI is InChI=1S/C34H35ClN8O3/c1-45-24-9-7-23(8-10-24)19-38-31-28(35)25(12-16-36-31)29-30-32(42-41-29)40-27(21-37-30)43-17-14-34(15-18-43)13-11-26(34)46-33(44)39-20-22-5-3-2-4-6-22/h2-10,12,16,21,26H,11,13-15,17-20H2,1H3,(H,36,38)(H,39,44)(H,40,41,42). The van der Waals surface area contributed by atoms with Gasteiger partial charge >= 0.3 is 6.09 Å². The smallest absolute Gasteiger partial charge is 0.407 e. The van der Waals surface area contributed by atoms with Crippen LogP contribution in [-0.4, -0.2) is 57.5 Å². The third-order valence-electron chi connectivity index (χ3n) is 9.23. The number of aromatic nitrogens is 5. The monoisotopic (exact) mass is 638 g/mol. The van der Waals surface area contributed by atoms with Crippen LogP contribution in [-0.2, 0) is 17.8 Å². The molecule has 11 nitrogen and oxygen atoms in total. The average Bonchev–Trinajstić information content (AvgIpc) is 3.52. The molecule has 236 valence electrons. The predicted molar refractivity (Wildman–Crippen MR) is 177 cm³/mol. The highest BCUT2D eigenvalue weighted by Gasteiger charge is 2.50. The second-order valence-corrected chi connectivity index (χ2v) is 12.2. The predicted octanol–water partition coefficient (Wildman–Crippen LogP) is 6.36. The molecule has 3 aromatic heterocycles. The number of fused-ring (bicyclic) bond motifs is 1. The first kappa shape index (κ1) is 29.8. The lowest BCUT2D eigenvalue weighted by molar-refractivity contribution is -0.0856. The molecule has 7 rings (SSSR count). The summed E-state index contributed by atoms with van der Waals surface area (Å²) in [4.78, 5) is 28.8. The third kappa shape index (κ3) is 6.02. The zero-order valence-electron chi connectivity index (χ0n) is 25.5. The van der Waals surface area contributed by atoms with E-state index >= 15 is 0 Å². The minimum atomic E-state index is -0.351. The number of anilines is 2. The number of nitrogens with one attached hydrogen (secondary N) is 3. The lowest BCUT2D eigenvalue weighted by Gasteiger charge is -2.52. The van der Waals surface area contributed by atoms with Gasteiger partial charge in [-0.15, -0.1) is 0 Å². The fourth-order valence-electron chi connectivity index (χ4n) is 6.36. The number of halogens is 1. The van der Waals surface area contributed by atoms with Crippen LogP contribution < -0.4 is 20.3 Å². The zero-order valence-corrected chi connectivity index (χ0v) is 26.3. The number of H-pyrrole nitrogens is 1. The molecule has 2 fully saturated rings. The zero-order chi connectivity index (χ0) is 31.5. The Kier molecular flexibility index (Phi) is 8.32. The minimum Gasteiger partial charge on any atom is -0.497 e. The molecule has 1 atom stereocenters. The first-order chi connectivity index (χ1) is 22.5. The van der Waals surface area contributed by atoms with E-state index in [1.807, 2.05) is 60.7 Å². The van der Waals surface area contributed by atoms with Crippen molar-refractivity contribution in [2.24, 2.45) is 5.41 Å². The molecule has 0 radical (unpaired) electrons. The van der Waals surface area contributed by atoms with Crippen LogP contribution in [0, 0.1) is 5.41 Å². The van der Waals surface area contributed by atoms with Crippen LogP contribution in [0.3, 0.4) is 0 Å². The Labute approximate surface area is 271 Å². The number of pyridine rings is 1. The second-order valence-electron chi connectivity index (χ2n) is 11.8. The molecule has 1 spiro atoms. The summed E-state index contributed by atoms with van der Waals surface area (Å²) in [6.07, 6.45) is 6.90. The van der Waals surface area contributed by atoms with Gasteiger partial charge in [-0.1, -0.05) is 54.1 Å². The summed E-state index contributed by atoms with van der Waals surface area (Å²) >= 11 is 6.82. The lowest BCUT2D eigenvalue weighted by Crippen LogP contribution is -2.54. The Morgan fingerprint density at radius 2 is 1.80 bits per heavy atom. The van der Waals surface area contributed by atoms with Crippen molar-refractivity contribution in [3.63, 3.8) is 0 Å². The molecule has 5 aromatic rings. The number of methoxy groups -OCH3 is 1. The molecule has 12 heteroatoms. The van der Waals surface area contributed by atoms with Crippen molar-refractivity contribution in [3.05, 3.63) is 89.2 Å². The molecule has 4 heterocycles. The number of ether oxygens (including phenoxy) is 2. The first-order valence-corrected chi connectivity index (χ1v) is 15.9. The molecule has 1 unspecified atom stereocenters. The number of piperidine rings is 1. The Morgan fingerprint density at radius 1 is 1.02 bits per heavy atom. The van der Waals surface area contributed by atoms with E-state index in [2.05, 4.69) is 30.7 Å². The number of aromatic amines is 1. The molecule has 1 aliphatic carbocycles. The summed E-state index contributed by atoms with van der Waals surface area (Å²) in [6, 6.07) is 19.5. The third-order valence-corrected chi connectivity index (χ3v) is 9.61. The van der Waals surface area contributed by atoms with Gasteiger partial charge in [0.15, 0.2) is 0 Å². The molecular weight excluding hydrogens is 604 g/mol. The van der Waals surface area contributed by atoms with E-state index in [1.165, 1.54) is 0 Å². The normalized spacial score (nSPS) is 17.0. The van der Waals surface area contributed by atoms with Crippen LogP contribution in [0.5, 0.6) is 5.75 Å². The second kappa shape index (κ2) is 12.8. The molecule has 1 amide bonds. The molecule has 46 heavy (non-hydrogen) atoms. The SMILES string of the molecule is COc1ccc(CNc2nccc(-c3[nH]nc4nc(N5CCC6(CCC6OC(=O)NCc6ccccc6)CC5)cnc34)c2Cl)cc1. The molecule has 2 aromatic carbocycles. The van der Waals surface area contributed by atoms with E-state index in [1.54, 1.807) is 19.5 Å². The van der Waals surface area contributed by atoms with Crippen LogP contribution in [0.2, 0.25) is 5.02 Å². The topological polar surface area (TPSA) is 130 Å². The Balaban J connectivity index is 0.978. The number of hydrogen-bond donors (Lipinski definition) is 3. The summed E-state index contributed by atoms with van der Waals surface area (Å²) in [6.45, 7) is 2.63. The van der Waals surface area contributed by atoms with Gasteiger partial charge in [-0.3, -0.25) is 5.10 Å². The van der Waals surface area contributed by atoms with E-state index in [9.17, 15) is 4.79 Å². The van der Waals surface area contributed by atoms with Gasteiger partial charge in [-0.05, 0) is 55.0 Å². The molecule has 2 aliphatic rings. The van der Waals surface area contributed by atoms with E-state index in [0.717, 1.165) is 67.0 Å². The van der Waals surface area contributed by atoms with E-state index in [-0.39, 0.29) is 17.6 Å². The van der Waals surface area contributed by atoms with Gasteiger partial charge in [0.05, 0.1) is 24.0 Å². The minimum absolute atomic E-state index is 0.0227. The van der Waals surface area contributed by atoms with Crippen molar-refractivity contribution in [2.45, 2.75) is 44.9 Å². The Bertz CT molecular complexity index is 1820. The highest BCUT2D eigenvalue weighted by molar-refractivity contribution is 6.35. The number of rotatable bonds is 9. The van der Waals surface area contributed by atoms with E-state index < -0.39 is 0 Å². The Hall–Kier alpha value is -4.90. The number of hydrogen-bond acceptors (Lipinski definition) is 9. The molecule has 1 aliphatic heterocycles. The summed E-state index contributed by atoms with van der Waals surface area (Å²) < 4.78 is 11.1. The first-order valence-electron chi connectivity index (χ1n) is 15.5. The molecular formula is C34H35ClN8O3. The fourth-order valence-corrected chi connectivity index (χ4v) is 6.64. The Morgan fingerprint density at radius 3 is 2.54 bits per heavy atom. The molecule has 0 bridgehead atoms. The molecule has 1 saturated heterocycles. The maximum Gasteiger partial charge on any atom is 0.407 e. The maximum atomic E-state index is 12.5. The fraction of sp³-hybridized carbons (Fsp3) is 0.324. The summed E-state index contributed by atoms with van der Waals surface area (Å²) in [5.41, 5.74) is 4.73. The van der Waals surface area contributed by atoms with Crippen molar-refractivity contribution in [1.82, 2.24) is 30.5 Å². The van der Waals surface area contributed by atoms with Crippen LogP contribution in [0.15, 0.2) is 73.1 Å². The highest BCUT2D eigenvalue weighted by Crippen LogP contribution is 2.51. The average molecular weight is 639 g/mol. The van der Waals surface area contributed by atoms with Crippen LogP contribution >= 0.6 is 11.6 Å². The van der Waals surface area contributed by atoms with E-state index in [4.69, 9.17) is 31.0 Å². The number of carbonyl (C=O) groups is 1. The number of benzene rings is 2. The highest BCUT2D eigenvalue weighted by atomic mass is 35.5. The van der Waals surface area contributed by atoms with Crippen LogP contribution in [0.4, 0.5) is 16.4 Å². The summed E-state index contributed by atoms with van der Waals surface area (Å²) in [7, 11) is 1.65. The van der Waals surface area contributed by atoms with Crippen molar-refractivity contribution < 1.29 is 14.3 Å². The molecule has 1 saturated carbocycles. The van der Waals surface area contributed by atoms with Crippen molar-refractivity contribution in [1.29, 1.82) is 0 Å². The molecule has 3 N–H and O–H groups in total. The van der Waals surface area contributed by atoms with Gasteiger partial charge in [-0.25, -0.2) is 19.7 Å². The number of amides is 1. The van der Waals surface area contributed by atoms with Crippen molar-refractivity contribution >= 4 is 40.5 Å². The number of alkyl carbamates (subject to hydrolysis) is 1.